The number of nitrogens with zero attached hydrogens (tertiary/aromatic N) is 3. The Balaban J connectivity index is 2.33. The maximum Gasteiger partial charge on any atom is 0.311 e. The van der Waals surface area contributed by atoms with Gasteiger partial charge < -0.3 is 5.32 Å². The summed E-state index contributed by atoms with van der Waals surface area (Å²) < 4.78 is 0. The lowest BCUT2D eigenvalue weighted by Gasteiger charge is -2.07. The van der Waals surface area contributed by atoms with Crippen molar-refractivity contribution < 1.29 is 4.92 Å². The second kappa shape index (κ2) is 6.78. The first-order valence-electron chi connectivity index (χ1n) is 6.92. The van der Waals surface area contributed by atoms with Gasteiger partial charge in [-0.25, -0.2) is 4.98 Å². The predicted octanol–water partition coefficient (Wildman–Crippen LogP) is 3.57. The van der Waals surface area contributed by atoms with Crippen LogP contribution < -0.4 is 5.32 Å². The smallest absolute Gasteiger partial charge is 0.311 e. The van der Waals surface area contributed by atoms with Gasteiger partial charge in [-0.2, -0.15) is 0 Å². The Morgan fingerprint density at radius 3 is 2.67 bits per heavy atom. The standard InChI is InChI=1S/C15H18N4O2/c1-3-4-5-17-15-14(19(20)21)7-13(10-18-15)12-6-11(2)8-16-9-12/h6-10H,3-5H2,1-2H3,(H,17,18). The van der Waals surface area contributed by atoms with Crippen LogP contribution in [0.25, 0.3) is 11.1 Å². The summed E-state index contributed by atoms with van der Waals surface area (Å²) in [5.74, 6) is 0.317. The zero-order valence-corrected chi connectivity index (χ0v) is 12.2. The molecule has 0 atom stereocenters. The molecule has 0 aliphatic rings. The van der Waals surface area contributed by atoms with Crippen LogP contribution in [0.15, 0.2) is 30.7 Å². The molecular formula is C15H18N4O2. The van der Waals surface area contributed by atoms with Gasteiger partial charge in [0.2, 0.25) is 5.82 Å². The van der Waals surface area contributed by atoms with Crippen LogP contribution in [0.2, 0.25) is 0 Å². The van der Waals surface area contributed by atoms with Crippen molar-refractivity contribution in [3.63, 3.8) is 0 Å². The summed E-state index contributed by atoms with van der Waals surface area (Å²) in [6.45, 7) is 4.67. The molecule has 2 aromatic heterocycles. The molecule has 0 aliphatic carbocycles. The average molecular weight is 286 g/mol. The highest BCUT2D eigenvalue weighted by Gasteiger charge is 2.16. The summed E-state index contributed by atoms with van der Waals surface area (Å²) in [5, 5.41) is 14.2. The van der Waals surface area contributed by atoms with Crippen LogP contribution in [0.5, 0.6) is 0 Å². The van der Waals surface area contributed by atoms with E-state index in [1.807, 2.05) is 13.0 Å². The van der Waals surface area contributed by atoms with Crippen molar-refractivity contribution >= 4 is 11.5 Å². The first kappa shape index (κ1) is 14.9. The monoisotopic (exact) mass is 286 g/mol. The molecule has 0 radical (unpaired) electrons. The van der Waals surface area contributed by atoms with Gasteiger partial charge in [-0.05, 0) is 25.0 Å². The topological polar surface area (TPSA) is 81.0 Å². The number of pyridine rings is 2. The minimum absolute atomic E-state index is 0.00916. The lowest BCUT2D eigenvalue weighted by atomic mass is 10.1. The molecule has 0 saturated heterocycles. The molecule has 0 unspecified atom stereocenters. The van der Waals surface area contributed by atoms with Gasteiger partial charge in [-0.1, -0.05) is 13.3 Å². The van der Waals surface area contributed by atoms with Gasteiger partial charge >= 0.3 is 5.69 Å². The summed E-state index contributed by atoms with van der Waals surface area (Å²) in [6.07, 6.45) is 7.03. The average Bonchev–Trinajstić information content (AvgIpc) is 2.47. The molecule has 110 valence electrons. The van der Waals surface area contributed by atoms with Crippen LogP contribution in [0, 0.1) is 17.0 Å². The molecule has 6 heteroatoms. The summed E-state index contributed by atoms with van der Waals surface area (Å²) in [5.41, 5.74) is 2.51. The Labute approximate surface area is 123 Å². The minimum Gasteiger partial charge on any atom is -0.364 e. The fourth-order valence-corrected chi connectivity index (χ4v) is 1.98. The number of unbranched alkanes of at least 4 members (excludes halogenated alkanes) is 1. The molecule has 0 saturated carbocycles. The van der Waals surface area contributed by atoms with Crippen molar-refractivity contribution in [1.29, 1.82) is 0 Å². The zero-order valence-electron chi connectivity index (χ0n) is 12.2. The lowest BCUT2D eigenvalue weighted by molar-refractivity contribution is -0.384. The van der Waals surface area contributed by atoms with E-state index in [1.54, 1.807) is 18.6 Å². The van der Waals surface area contributed by atoms with Gasteiger partial charge in [0.05, 0.1) is 4.92 Å². The molecule has 2 rings (SSSR count). The molecule has 0 spiro atoms. The molecule has 0 amide bonds. The number of nitrogens with one attached hydrogen (secondary N) is 1. The predicted molar refractivity (Wildman–Crippen MR) is 82.3 cm³/mol. The molecular weight excluding hydrogens is 268 g/mol. The van der Waals surface area contributed by atoms with Crippen LogP contribution >= 0.6 is 0 Å². The van der Waals surface area contributed by atoms with E-state index in [0.29, 0.717) is 17.9 Å². The van der Waals surface area contributed by atoms with E-state index in [-0.39, 0.29) is 5.69 Å². The van der Waals surface area contributed by atoms with E-state index in [9.17, 15) is 10.1 Å². The quantitative estimate of drug-likeness (QED) is 0.498. The first-order chi connectivity index (χ1) is 10.1. The number of rotatable bonds is 6. The van der Waals surface area contributed by atoms with E-state index >= 15 is 0 Å². The maximum atomic E-state index is 11.2. The second-order valence-corrected chi connectivity index (χ2v) is 4.88. The Morgan fingerprint density at radius 1 is 1.24 bits per heavy atom. The van der Waals surface area contributed by atoms with Crippen LogP contribution in [0.3, 0.4) is 0 Å². The SMILES string of the molecule is CCCCNc1ncc(-c2cncc(C)c2)cc1[N+](=O)[O-]. The Hall–Kier alpha value is -2.50. The van der Waals surface area contributed by atoms with Gasteiger partial charge in [0.15, 0.2) is 0 Å². The van der Waals surface area contributed by atoms with E-state index in [4.69, 9.17) is 0 Å². The summed E-state index contributed by atoms with van der Waals surface area (Å²) in [6, 6.07) is 3.47. The van der Waals surface area contributed by atoms with Crippen molar-refractivity contribution in [2.45, 2.75) is 26.7 Å². The van der Waals surface area contributed by atoms with E-state index in [2.05, 4.69) is 22.2 Å². The third-order valence-electron chi connectivity index (χ3n) is 3.10. The Bertz CT molecular complexity index is 643. The lowest BCUT2D eigenvalue weighted by Crippen LogP contribution is -2.06. The van der Waals surface area contributed by atoms with Crippen LogP contribution in [-0.2, 0) is 0 Å². The highest BCUT2D eigenvalue weighted by molar-refractivity contribution is 5.69. The van der Waals surface area contributed by atoms with E-state index < -0.39 is 4.92 Å². The zero-order chi connectivity index (χ0) is 15.2. The Kier molecular flexibility index (Phi) is 4.81. The summed E-state index contributed by atoms with van der Waals surface area (Å²) >= 11 is 0. The van der Waals surface area contributed by atoms with Gasteiger partial charge in [-0.3, -0.25) is 15.1 Å². The maximum absolute atomic E-state index is 11.2. The highest BCUT2D eigenvalue weighted by Crippen LogP contribution is 2.28. The van der Waals surface area contributed by atoms with Crippen molar-refractivity contribution in [2.24, 2.45) is 0 Å². The highest BCUT2D eigenvalue weighted by atomic mass is 16.6. The fraction of sp³-hybridized carbons (Fsp3) is 0.333. The van der Waals surface area contributed by atoms with Crippen molar-refractivity contribution in [2.75, 3.05) is 11.9 Å². The molecule has 21 heavy (non-hydrogen) atoms. The molecule has 1 N–H and O–H groups in total. The van der Waals surface area contributed by atoms with Crippen LogP contribution in [-0.4, -0.2) is 21.4 Å². The number of hydrogen-bond acceptors (Lipinski definition) is 5. The van der Waals surface area contributed by atoms with Gasteiger partial charge in [0.1, 0.15) is 0 Å². The molecule has 0 aromatic carbocycles. The third-order valence-corrected chi connectivity index (χ3v) is 3.10. The minimum atomic E-state index is -0.409. The summed E-state index contributed by atoms with van der Waals surface area (Å²) in [7, 11) is 0. The number of aromatic nitrogens is 2. The molecule has 0 bridgehead atoms. The van der Waals surface area contributed by atoms with Crippen LogP contribution in [0.4, 0.5) is 11.5 Å². The molecule has 0 aliphatic heterocycles. The third kappa shape index (κ3) is 3.75. The van der Waals surface area contributed by atoms with Gasteiger partial charge in [0, 0.05) is 42.3 Å². The summed E-state index contributed by atoms with van der Waals surface area (Å²) in [4.78, 5) is 19.1. The second-order valence-electron chi connectivity index (χ2n) is 4.88. The van der Waals surface area contributed by atoms with Crippen molar-refractivity contribution in [3.05, 3.63) is 46.4 Å². The number of nitro groups is 1. The van der Waals surface area contributed by atoms with E-state index in [1.165, 1.54) is 6.07 Å². The largest absolute Gasteiger partial charge is 0.364 e. The normalized spacial score (nSPS) is 10.4. The van der Waals surface area contributed by atoms with E-state index in [0.717, 1.165) is 24.0 Å². The molecule has 0 fully saturated rings. The first-order valence-corrected chi connectivity index (χ1v) is 6.92. The van der Waals surface area contributed by atoms with Gasteiger partial charge in [0.25, 0.3) is 0 Å². The Morgan fingerprint density at radius 2 is 2.00 bits per heavy atom. The van der Waals surface area contributed by atoms with Crippen LogP contribution in [0.1, 0.15) is 25.3 Å². The number of hydrogen-bond donors (Lipinski definition) is 1. The molecule has 2 aromatic rings. The molecule has 6 nitrogen and oxygen atoms in total. The van der Waals surface area contributed by atoms with Gasteiger partial charge in [-0.15, -0.1) is 0 Å². The number of anilines is 1. The van der Waals surface area contributed by atoms with Crippen molar-refractivity contribution in [1.82, 2.24) is 9.97 Å². The molecule has 2 heterocycles. The number of aryl methyl sites for hydroxylation is 1. The van der Waals surface area contributed by atoms with Crippen molar-refractivity contribution in [3.8, 4) is 11.1 Å². The fourth-order valence-electron chi connectivity index (χ4n) is 1.98.